The molecule has 0 saturated carbocycles. The number of nitrogens with one attached hydrogen (secondary N) is 2. The summed E-state index contributed by atoms with van der Waals surface area (Å²) >= 11 is 0. The molecular formula is C24H25N3O5. The monoisotopic (exact) mass is 435 g/mol. The summed E-state index contributed by atoms with van der Waals surface area (Å²) in [6, 6.07) is 17.5. The second-order valence-corrected chi connectivity index (χ2v) is 7.11. The van der Waals surface area contributed by atoms with Gasteiger partial charge >= 0.3 is 0 Å². The summed E-state index contributed by atoms with van der Waals surface area (Å²) in [5.41, 5.74) is 1.89. The van der Waals surface area contributed by atoms with Gasteiger partial charge in [-0.3, -0.25) is 14.4 Å². The van der Waals surface area contributed by atoms with Crippen molar-refractivity contribution in [2.75, 3.05) is 25.5 Å². The Kier molecular flexibility index (Phi) is 7.64. The van der Waals surface area contributed by atoms with E-state index < -0.39 is 5.91 Å². The van der Waals surface area contributed by atoms with Crippen molar-refractivity contribution in [1.29, 1.82) is 0 Å². The average Bonchev–Trinajstić information content (AvgIpc) is 3.31. The first-order valence-corrected chi connectivity index (χ1v) is 10.0. The maximum Gasteiger partial charge on any atom is 0.254 e. The molecule has 1 aromatic heterocycles. The second kappa shape index (κ2) is 10.8. The van der Waals surface area contributed by atoms with Crippen LogP contribution in [0.3, 0.4) is 0 Å². The average molecular weight is 435 g/mol. The minimum absolute atomic E-state index is 0.131. The van der Waals surface area contributed by atoms with Crippen molar-refractivity contribution in [3.8, 4) is 5.75 Å². The minimum Gasteiger partial charge on any atom is -0.497 e. The van der Waals surface area contributed by atoms with E-state index in [0.29, 0.717) is 22.8 Å². The number of hydrogen-bond acceptors (Lipinski definition) is 5. The fourth-order valence-corrected chi connectivity index (χ4v) is 3.06. The molecular weight excluding hydrogens is 410 g/mol. The van der Waals surface area contributed by atoms with Crippen LogP contribution in [0.2, 0.25) is 0 Å². The topological polar surface area (TPSA) is 101 Å². The summed E-state index contributed by atoms with van der Waals surface area (Å²) in [7, 11) is 1.56. The predicted molar refractivity (Wildman–Crippen MR) is 119 cm³/mol. The molecule has 0 saturated heterocycles. The van der Waals surface area contributed by atoms with Gasteiger partial charge in [-0.15, -0.1) is 0 Å². The van der Waals surface area contributed by atoms with Crippen molar-refractivity contribution < 1.29 is 23.5 Å². The lowest BCUT2D eigenvalue weighted by molar-refractivity contribution is -0.124. The van der Waals surface area contributed by atoms with Crippen LogP contribution < -0.4 is 15.4 Å². The highest BCUT2D eigenvalue weighted by molar-refractivity contribution is 5.98. The summed E-state index contributed by atoms with van der Waals surface area (Å²) in [6.45, 7) is 1.52. The number of anilines is 1. The van der Waals surface area contributed by atoms with Crippen LogP contribution in [0.15, 0.2) is 71.3 Å². The summed E-state index contributed by atoms with van der Waals surface area (Å²) in [4.78, 5) is 39.1. The SMILES string of the molecule is COc1ccc(NC(=O)CNC(=O)CN(Cc2ccco2)C(=O)c2ccccc2C)cc1. The quantitative estimate of drug-likeness (QED) is 0.538. The number of furan rings is 1. The van der Waals surface area contributed by atoms with Gasteiger partial charge < -0.3 is 24.7 Å². The molecule has 8 heteroatoms. The number of carbonyl (C=O) groups excluding carboxylic acids is 3. The number of nitrogens with zero attached hydrogens (tertiary/aromatic N) is 1. The van der Waals surface area contributed by atoms with Gasteiger partial charge in [-0.1, -0.05) is 18.2 Å². The lowest BCUT2D eigenvalue weighted by Crippen LogP contribution is -2.42. The van der Waals surface area contributed by atoms with E-state index in [-0.39, 0.29) is 31.4 Å². The van der Waals surface area contributed by atoms with E-state index in [9.17, 15) is 14.4 Å². The molecule has 8 nitrogen and oxygen atoms in total. The van der Waals surface area contributed by atoms with Gasteiger partial charge in [0.25, 0.3) is 5.91 Å². The Morgan fingerprint density at radius 3 is 2.38 bits per heavy atom. The van der Waals surface area contributed by atoms with Gasteiger partial charge in [0.1, 0.15) is 18.1 Å². The molecule has 2 aromatic carbocycles. The highest BCUT2D eigenvalue weighted by atomic mass is 16.5. The zero-order valence-corrected chi connectivity index (χ0v) is 18.0. The minimum atomic E-state index is -0.455. The molecule has 1 heterocycles. The summed E-state index contributed by atoms with van der Waals surface area (Å²) in [6.07, 6.45) is 1.51. The molecule has 2 N–H and O–H groups in total. The number of hydrogen-bond donors (Lipinski definition) is 2. The van der Waals surface area contributed by atoms with E-state index in [1.807, 2.05) is 19.1 Å². The van der Waals surface area contributed by atoms with Crippen LogP contribution in [0, 0.1) is 6.92 Å². The van der Waals surface area contributed by atoms with Crippen molar-refractivity contribution in [2.45, 2.75) is 13.5 Å². The van der Waals surface area contributed by atoms with E-state index in [0.717, 1.165) is 5.56 Å². The molecule has 3 amide bonds. The largest absolute Gasteiger partial charge is 0.497 e. The highest BCUT2D eigenvalue weighted by Crippen LogP contribution is 2.15. The first-order valence-electron chi connectivity index (χ1n) is 10.0. The van der Waals surface area contributed by atoms with Crippen LogP contribution in [0.1, 0.15) is 21.7 Å². The Bertz CT molecular complexity index is 1060. The summed E-state index contributed by atoms with van der Waals surface area (Å²) in [5, 5.41) is 5.25. The van der Waals surface area contributed by atoms with Crippen LogP contribution in [0.4, 0.5) is 5.69 Å². The molecule has 0 aliphatic carbocycles. The molecule has 0 aliphatic heterocycles. The Hall–Kier alpha value is -4.07. The smallest absolute Gasteiger partial charge is 0.254 e. The van der Waals surface area contributed by atoms with Gasteiger partial charge in [-0.25, -0.2) is 0 Å². The standard InChI is InChI=1S/C24H25N3O5/c1-17-6-3-4-8-21(17)24(30)27(15-20-7-5-13-32-20)16-23(29)25-14-22(28)26-18-9-11-19(31-2)12-10-18/h3-13H,14-16H2,1-2H3,(H,25,29)(H,26,28). The maximum absolute atomic E-state index is 13.1. The fourth-order valence-electron chi connectivity index (χ4n) is 3.06. The Labute approximate surface area is 186 Å². The molecule has 0 fully saturated rings. The van der Waals surface area contributed by atoms with Crippen LogP contribution in [-0.4, -0.2) is 42.8 Å². The fraction of sp³-hybridized carbons (Fsp3) is 0.208. The zero-order chi connectivity index (χ0) is 22.9. The number of ether oxygens (including phenoxy) is 1. The van der Waals surface area contributed by atoms with Crippen molar-refractivity contribution >= 4 is 23.4 Å². The lowest BCUT2D eigenvalue weighted by atomic mass is 10.1. The molecule has 166 valence electrons. The first-order chi connectivity index (χ1) is 15.5. The molecule has 3 aromatic rings. The number of amides is 3. The molecule has 0 bridgehead atoms. The third-order valence-electron chi connectivity index (χ3n) is 4.74. The molecule has 0 unspecified atom stereocenters. The van der Waals surface area contributed by atoms with E-state index >= 15 is 0 Å². The number of methoxy groups -OCH3 is 1. The third-order valence-corrected chi connectivity index (χ3v) is 4.74. The van der Waals surface area contributed by atoms with E-state index in [1.165, 1.54) is 11.2 Å². The number of carbonyl (C=O) groups is 3. The third kappa shape index (κ3) is 6.21. The highest BCUT2D eigenvalue weighted by Gasteiger charge is 2.21. The van der Waals surface area contributed by atoms with Crippen molar-refractivity contribution in [3.63, 3.8) is 0 Å². The van der Waals surface area contributed by atoms with Crippen LogP contribution in [0.5, 0.6) is 5.75 Å². The second-order valence-electron chi connectivity index (χ2n) is 7.11. The normalized spacial score (nSPS) is 10.3. The summed E-state index contributed by atoms with van der Waals surface area (Å²) < 4.78 is 10.4. The van der Waals surface area contributed by atoms with Crippen LogP contribution >= 0.6 is 0 Å². The lowest BCUT2D eigenvalue weighted by Gasteiger charge is -2.22. The summed E-state index contributed by atoms with van der Waals surface area (Å²) in [5.74, 6) is 0.0929. The van der Waals surface area contributed by atoms with E-state index in [1.54, 1.807) is 55.6 Å². The van der Waals surface area contributed by atoms with Gasteiger partial charge in [0.15, 0.2) is 0 Å². The maximum atomic E-state index is 13.1. The Morgan fingerprint density at radius 2 is 1.72 bits per heavy atom. The van der Waals surface area contributed by atoms with Crippen LogP contribution in [0.25, 0.3) is 0 Å². The van der Waals surface area contributed by atoms with Crippen molar-refractivity contribution in [3.05, 3.63) is 83.8 Å². The first kappa shape index (κ1) is 22.6. The van der Waals surface area contributed by atoms with E-state index in [2.05, 4.69) is 10.6 Å². The zero-order valence-electron chi connectivity index (χ0n) is 18.0. The molecule has 0 aliphatic rings. The predicted octanol–water partition coefficient (Wildman–Crippen LogP) is 2.99. The van der Waals surface area contributed by atoms with Crippen LogP contribution in [-0.2, 0) is 16.1 Å². The Morgan fingerprint density at radius 1 is 0.969 bits per heavy atom. The number of aryl methyl sites for hydroxylation is 1. The Balaban J connectivity index is 1.59. The molecule has 3 rings (SSSR count). The molecule has 0 atom stereocenters. The van der Waals surface area contributed by atoms with Gasteiger partial charge in [-0.05, 0) is 55.0 Å². The number of benzene rings is 2. The van der Waals surface area contributed by atoms with Gasteiger partial charge in [0.05, 0.1) is 26.5 Å². The number of rotatable bonds is 9. The van der Waals surface area contributed by atoms with Gasteiger partial charge in [0.2, 0.25) is 11.8 Å². The van der Waals surface area contributed by atoms with Crippen molar-refractivity contribution in [1.82, 2.24) is 10.2 Å². The van der Waals surface area contributed by atoms with E-state index in [4.69, 9.17) is 9.15 Å². The van der Waals surface area contributed by atoms with Crippen molar-refractivity contribution in [2.24, 2.45) is 0 Å². The molecule has 32 heavy (non-hydrogen) atoms. The molecule has 0 spiro atoms. The van der Waals surface area contributed by atoms with Gasteiger partial charge in [0, 0.05) is 11.3 Å². The molecule has 0 radical (unpaired) electrons. The van der Waals surface area contributed by atoms with Gasteiger partial charge in [-0.2, -0.15) is 0 Å².